The molecule has 3 rings (SSSR count). The molecule has 1 amide bonds. The van der Waals surface area contributed by atoms with Crippen molar-refractivity contribution in [1.82, 2.24) is 10.4 Å². The third-order valence-electron chi connectivity index (χ3n) is 4.55. The zero-order valence-electron chi connectivity index (χ0n) is 16.0. The molecule has 0 saturated heterocycles. The Balaban J connectivity index is 1.96. The number of fused-ring (bicyclic) bond motifs is 1. The average molecular weight is 406 g/mol. The van der Waals surface area contributed by atoms with Crippen LogP contribution in [0.1, 0.15) is 58.3 Å². The van der Waals surface area contributed by atoms with Crippen LogP contribution < -0.4 is 16.5 Å². The molecular weight excluding hydrogens is 382 g/mol. The first-order chi connectivity index (χ1) is 12.6. The van der Waals surface area contributed by atoms with E-state index in [1.807, 2.05) is 20.8 Å². The largest absolute Gasteiger partial charge is 0.455 e. The minimum Gasteiger partial charge on any atom is -0.455 e. The predicted molar refractivity (Wildman–Crippen MR) is 112 cm³/mol. The number of thiocarbonyl (C=S) groups is 1. The molecular formula is C18H23N5O2S2. The van der Waals surface area contributed by atoms with E-state index in [2.05, 4.69) is 34.7 Å². The highest BCUT2D eigenvalue weighted by molar-refractivity contribution is 7.80. The van der Waals surface area contributed by atoms with Crippen molar-refractivity contribution in [3.8, 4) is 0 Å². The van der Waals surface area contributed by atoms with E-state index in [1.54, 1.807) is 0 Å². The van der Waals surface area contributed by atoms with Crippen LogP contribution in [0.2, 0.25) is 0 Å². The van der Waals surface area contributed by atoms with Crippen molar-refractivity contribution in [3.05, 3.63) is 33.2 Å². The van der Waals surface area contributed by atoms with Gasteiger partial charge in [-0.25, -0.2) is 4.98 Å². The van der Waals surface area contributed by atoms with Crippen LogP contribution >= 0.6 is 23.6 Å². The fraction of sp³-hybridized carbons (Fsp3) is 0.444. The summed E-state index contributed by atoms with van der Waals surface area (Å²) < 4.78 is 5.97. The van der Waals surface area contributed by atoms with E-state index in [4.69, 9.17) is 22.4 Å². The second kappa shape index (κ2) is 7.05. The first-order valence-corrected chi connectivity index (χ1v) is 9.80. The molecule has 0 radical (unpaired) electrons. The number of amides is 1. The van der Waals surface area contributed by atoms with Gasteiger partial charge in [0.15, 0.2) is 16.0 Å². The number of nitrogens with zero attached hydrogens (tertiary/aromatic N) is 2. The molecule has 0 aliphatic heterocycles. The van der Waals surface area contributed by atoms with Gasteiger partial charge >= 0.3 is 0 Å². The molecule has 2 heterocycles. The molecule has 2 aromatic heterocycles. The highest BCUT2D eigenvalue weighted by Crippen LogP contribution is 2.39. The number of furan rings is 1. The smallest absolute Gasteiger partial charge is 0.293 e. The van der Waals surface area contributed by atoms with E-state index in [0.717, 1.165) is 46.0 Å². The van der Waals surface area contributed by atoms with Crippen LogP contribution in [0.4, 0.5) is 5.13 Å². The minimum atomic E-state index is -0.310. The average Bonchev–Trinajstić information content (AvgIpc) is 3.03. The third-order valence-corrected chi connectivity index (χ3v) is 5.63. The zero-order chi connectivity index (χ0) is 19.9. The van der Waals surface area contributed by atoms with Gasteiger partial charge in [-0.1, -0.05) is 13.8 Å². The summed E-state index contributed by atoms with van der Waals surface area (Å²) in [4.78, 5) is 18.2. The van der Waals surface area contributed by atoms with Crippen LogP contribution in [0.3, 0.4) is 0 Å². The standard InChI is InChI=1S/C18H23N5O2S2/c1-8-13-11(22-23-16(19)26)6-18(4,5)7-12(13)25-14(8)15(24)21-17-20-9(2)10(3)27-17/h6-7H2,1-5H3,(H3,19,23,26)(H,20,21,24)/b22-11-. The first-order valence-electron chi connectivity index (χ1n) is 8.57. The van der Waals surface area contributed by atoms with Crippen molar-refractivity contribution < 1.29 is 9.21 Å². The molecule has 0 spiro atoms. The first kappa shape index (κ1) is 19.5. The number of carbonyl (C=O) groups excluding carboxylic acids is 1. The summed E-state index contributed by atoms with van der Waals surface area (Å²) in [5, 5.41) is 7.85. The molecule has 2 aromatic rings. The molecule has 0 saturated carbocycles. The summed E-state index contributed by atoms with van der Waals surface area (Å²) >= 11 is 6.29. The summed E-state index contributed by atoms with van der Waals surface area (Å²) in [6.07, 6.45) is 1.44. The maximum absolute atomic E-state index is 12.8. The summed E-state index contributed by atoms with van der Waals surface area (Å²) in [5.74, 6) is 0.727. The fourth-order valence-electron chi connectivity index (χ4n) is 3.23. The van der Waals surface area contributed by atoms with Crippen molar-refractivity contribution in [3.63, 3.8) is 0 Å². The van der Waals surface area contributed by atoms with E-state index < -0.39 is 0 Å². The summed E-state index contributed by atoms with van der Waals surface area (Å²) in [6, 6.07) is 0. The van der Waals surface area contributed by atoms with Gasteiger partial charge < -0.3 is 10.2 Å². The van der Waals surface area contributed by atoms with E-state index in [9.17, 15) is 4.79 Å². The number of nitrogens with two attached hydrogens (primary N) is 1. The molecule has 0 atom stereocenters. The second-order valence-corrected chi connectivity index (χ2v) is 9.16. The lowest BCUT2D eigenvalue weighted by Gasteiger charge is -2.29. The molecule has 7 nitrogen and oxygen atoms in total. The van der Waals surface area contributed by atoms with Gasteiger partial charge in [0.1, 0.15) is 5.76 Å². The van der Waals surface area contributed by atoms with Crippen molar-refractivity contribution in [1.29, 1.82) is 0 Å². The number of rotatable bonds is 3. The van der Waals surface area contributed by atoms with Gasteiger partial charge in [0.05, 0.1) is 11.4 Å². The van der Waals surface area contributed by atoms with Gasteiger partial charge in [-0.2, -0.15) is 5.10 Å². The molecule has 0 aromatic carbocycles. The van der Waals surface area contributed by atoms with E-state index in [1.165, 1.54) is 11.3 Å². The van der Waals surface area contributed by atoms with Gasteiger partial charge in [-0.15, -0.1) is 11.3 Å². The molecule has 9 heteroatoms. The number of hydrogen-bond acceptors (Lipinski definition) is 6. The number of carbonyl (C=O) groups is 1. The topological polar surface area (TPSA) is 106 Å². The highest BCUT2D eigenvalue weighted by atomic mass is 32.1. The van der Waals surface area contributed by atoms with Crippen LogP contribution in [0.15, 0.2) is 9.52 Å². The van der Waals surface area contributed by atoms with Crippen LogP contribution in [-0.4, -0.2) is 21.7 Å². The molecule has 0 unspecified atom stereocenters. The van der Waals surface area contributed by atoms with Gasteiger partial charge in [0.25, 0.3) is 5.91 Å². The SMILES string of the molecule is Cc1nc(NC(=O)c2oc3c(c2C)/C(=N\NC(N)=S)CC(C)(C)C3)sc1C. The number of hydrazone groups is 1. The second-order valence-electron chi connectivity index (χ2n) is 7.52. The lowest BCUT2D eigenvalue weighted by Crippen LogP contribution is -2.31. The monoisotopic (exact) mass is 405 g/mol. The Kier molecular flexibility index (Phi) is 5.09. The third kappa shape index (κ3) is 4.03. The van der Waals surface area contributed by atoms with Crippen molar-refractivity contribution in [2.24, 2.45) is 16.3 Å². The minimum absolute atomic E-state index is 0.0503. The predicted octanol–water partition coefficient (Wildman–Crippen LogP) is 3.42. The molecule has 144 valence electrons. The van der Waals surface area contributed by atoms with Gasteiger partial charge in [0.2, 0.25) is 0 Å². The van der Waals surface area contributed by atoms with Crippen LogP contribution in [-0.2, 0) is 6.42 Å². The molecule has 1 aliphatic rings. The molecule has 27 heavy (non-hydrogen) atoms. The number of thiazole rings is 1. The zero-order valence-corrected chi connectivity index (χ0v) is 17.7. The number of nitrogens with one attached hydrogen (secondary N) is 2. The van der Waals surface area contributed by atoms with E-state index in [0.29, 0.717) is 5.13 Å². The maximum Gasteiger partial charge on any atom is 0.293 e. The van der Waals surface area contributed by atoms with Crippen molar-refractivity contribution in [2.45, 2.75) is 47.5 Å². The maximum atomic E-state index is 12.8. The summed E-state index contributed by atoms with van der Waals surface area (Å²) in [5.41, 5.74) is 11.4. The van der Waals surface area contributed by atoms with Crippen molar-refractivity contribution in [2.75, 3.05) is 5.32 Å². The van der Waals surface area contributed by atoms with Gasteiger partial charge in [0, 0.05) is 22.4 Å². The highest BCUT2D eigenvalue weighted by Gasteiger charge is 2.36. The summed E-state index contributed by atoms with van der Waals surface area (Å²) in [7, 11) is 0. The van der Waals surface area contributed by atoms with Crippen LogP contribution in [0.25, 0.3) is 0 Å². The number of aromatic nitrogens is 1. The fourth-order valence-corrected chi connectivity index (χ4v) is 4.08. The van der Waals surface area contributed by atoms with Crippen molar-refractivity contribution >= 4 is 45.4 Å². The Morgan fingerprint density at radius 3 is 2.63 bits per heavy atom. The molecule has 0 fully saturated rings. The number of aryl methyl sites for hydroxylation is 2. The molecule has 1 aliphatic carbocycles. The van der Waals surface area contributed by atoms with Crippen LogP contribution in [0.5, 0.6) is 0 Å². The normalized spacial score (nSPS) is 16.9. The Morgan fingerprint density at radius 2 is 2.04 bits per heavy atom. The van der Waals surface area contributed by atoms with Gasteiger partial charge in [-0.05, 0) is 44.8 Å². The number of anilines is 1. The summed E-state index contributed by atoms with van der Waals surface area (Å²) in [6.45, 7) is 10.0. The van der Waals surface area contributed by atoms with E-state index in [-0.39, 0.29) is 22.2 Å². The molecule has 4 N–H and O–H groups in total. The quantitative estimate of drug-likeness (QED) is 0.534. The number of hydrogen-bond donors (Lipinski definition) is 3. The molecule has 0 bridgehead atoms. The Hall–Kier alpha value is -2.26. The van der Waals surface area contributed by atoms with Crippen LogP contribution in [0, 0.1) is 26.2 Å². The lowest BCUT2D eigenvalue weighted by atomic mass is 9.75. The van der Waals surface area contributed by atoms with E-state index >= 15 is 0 Å². The Bertz CT molecular complexity index is 936. The van der Waals surface area contributed by atoms with Gasteiger partial charge in [-0.3, -0.25) is 15.5 Å². The Morgan fingerprint density at radius 1 is 1.33 bits per heavy atom. The lowest BCUT2D eigenvalue weighted by molar-refractivity contribution is 0.0993. The Labute approximate surface area is 167 Å².